The van der Waals surface area contributed by atoms with Crippen molar-refractivity contribution in [2.75, 3.05) is 56.7 Å². The standard InChI is InChI=1S/C22H29N7O/c1-15-12-17(6-9-24-15)18-13-25-22-20-19(27(2)10-11-30-20)21(26-29(18)22)28(3)14-16-4-7-23-8-5-16/h6,9,12-13,16,23H,4-5,7-8,10-11,14H2,1-3H3. The number of pyridine rings is 1. The molecule has 1 N–H and O–H groups in total. The highest BCUT2D eigenvalue weighted by Crippen LogP contribution is 2.42. The van der Waals surface area contributed by atoms with Gasteiger partial charge in [0.2, 0.25) is 0 Å². The van der Waals surface area contributed by atoms with Crippen LogP contribution in [0.2, 0.25) is 0 Å². The van der Waals surface area contributed by atoms with Crippen molar-refractivity contribution in [1.82, 2.24) is 24.9 Å². The molecule has 0 bridgehead atoms. The zero-order chi connectivity index (χ0) is 20.7. The second kappa shape index (κ2) is 7.75. The number of aromatic nitrogens is 4. The third-order valence-electron chi connectivity index (χ3n) is 6.16. The Morgan fingerprint density at radius 3 is 2.90 bits per heavy atom. The van der Waals surface area contributed by atoms with E-state index < -0.39 is 0 Å². The Morgan fingerprint density at radius 2 is 2.10 bits per heavy atom. The normalized spacial score (nSPS) is 17.1. The molecule has 2 aliphatic rings. The van der Waals surface area contributed by atoms with E-state index in [2.05, 4.69) is 40.3 Å². The molecule has 1 fully saturated rings. The maximum absolute atomic E-state index is 6.15. The molecule has 8 heteroatoms. The Kier molecular flexibility index (Phi) is 4.94. The van der Waals surface area contributed by atoms with Gasteiger partial charge in [-0.1, -0.05) is 0 Å². The quantitative estimate of drug-likeness (QED) is 0.712. The van der Waals surface area contributed by atoms with E-state index in [1.165, 1.54) is 12.8 Å². The molecule has 0 unspecified atom stereocenters. The summed E-state index contributed by atoms with van der Waals surface area (Å²) < 4.78 is 8.08. The molecular weight excluding hydrogens is 378 g/mol. The van der Waals surface area contributed by atoms with Crippen molar-refractivity contribution in [3.8, 4) is 17.0 Å². The first-order valence-electron chi connectivity index (χ1n) is 10.7. The number of ether oxygens (including phenoxy) is 1. The third kappa shape index (κ3) is 3.35. The van der Waals surface area contributed by atoms with Gasteiger partial charge in [-0.3, -0.25) is 4.98 Å². The van der Waals surface area contributed by atoms with Crippen LogP contribution in [0.15, 0.2) is 24.5 Å². The van der Waals surface area contributed by atoms with E-state index in [0.29, 0.717) is 12.5 Å². The Balaban J connectivity index is 1.63. The van der Waals surface area contributed by atoms with Crippen LogP contribution in [0.5, 0.6) is 5.75 Å². The van der Waals surface area contributed by atoms with Crippen LogP contribution in [-0.4, -0.2) is 66.5 Å². The SMILES string of the molecule is Cc1cc(-c2cnc3c4c(c(N(C)CC5CCNCC5)nn23)N(C)CCO4)ccn1. The van der Waals surface area contributed by atoms with Crippen molar-refractivity contribution in [2.45, 2.75) is 19.8 Å². The fourth-order valence-corrected chi connectivity index (χ4v) is 4.52. The fourth-order valence-electron chi connectivity index (χ4n) is 4.52. The predicted octanol–water partition coefficient (Wildman–Crippen LogP) is 2.36. The Labute approximate surface area is 176 Å². The van der Waals surface area contributed by atoms with Gasteiger partial charge in [-0.05, 0) is 50.9 Å². The van der Waals surface area contributed by atoms with Crippen LogP contribution in [0.4, 0.5) is 11.5 Å². The Morgan fingerprint density at radius 1 is 1.27 bits per heavy atom. The number of imidazole rings is 1. The highest BCUT2D eigenvalue weighted by molar-refractivity contribution is 5.83. The van der Waals surface area contributed by atoms with Gasteiger partial charge in [-0.2, -0.15) is 0 Å². The first-order valence-corrected chi connectivity index (χ1v) is 10.7. The van der Waals surface area contributed by atoms with Crippen molar-refractivity contribution in [3.05, 3.63) is 30.2 Å². The molecule has 0 saturated carbocycles. The molecule has 0 radical (unpaired) electrons. The summed E-state index contributed by atoms with van der Waals surface area (Å²) >= 11 is 0. The summed E-state index contributed by atoms with van der Waals surface area (Å²) in [7, 11) is 4.25. The molecule has 1 saturated heterocycles. The molecule has 0 spiro atoms. The molecule has 5 heterocycles. The van der Waals surface area contributed by atoms with Gasteiger partial charge in [-0.15, -0.1) is 5.10 Å². The molecule has 3 aromatic heterocycles. The molecule has 30 heavy (non-hydrogen) atoms. The molecule has 0 aliphatic carbocycles. The number of hydrogen-bond donors (Lipinski definition) is 1. The predicted molar refractivity (Wildman–Crippen MR) is 119 cm³/mol. The topological polar surface area (TPSA) is 70.8 Å². The van der Waals surface area contributed by atoms with E-state index in [1.807, 2.05) is 29.9 Å². The minimum Gasteiger partial charge on any atom is -0.486 e. The number of nitrogens with zero attached hydrogens (tertiary/aromatic N) is 6. The summed E-state index contributed by atoms with van der Waals surface area (Å²) in [5.41, 5.74) is 4.78. The van der Waals surface area contributed by atoms with Gasteiger partial charge in [0.25, 0.3) is 0 Å². The first kappa shape index (κ1) is 19.1. The highest BCUT2D eigenvalue weighted by atomic mass is 16.5. The second-order valence-corrected chi connectivity index (χ2v) is 8.41. The van der Waals surface area contributed by atoms with Crippen LogP contribution >= 0.6 is 0 Å². The lowest BCUT2D eigenvalue weighted by Gasteiger charge is -2.34. The van der Waals surface area contributed by atoms with Crippen LogP contribution in [-0.2, 0) is 0 Å². The van der Waals surface area contributed by atoms with E-state index in [4.69, 9.17) is 14.8 Å². The number of nitrogens with one attached hydrogen (secondary N) is 1. The maximum atomic E-state index is 6.15. The van der Waals surface area contributed by atoms with E-state index in [9.17, 15) is 0 Å². The molecule has 2 aliphatic heterocycles. The van der Waals surface area contributed by atoms with Crippen molar-refractivity contribution in [1.29, 1.82) is 0 Å². The average molecular weight is 408 g/mol. The molecular formula is C22H29N7O. The van der Waals surface area contributed by atoms with Crippen LogP contribution in [0, 0.1) is 12.8 Å². The van der Waals surface area contributed by atoms with Gasteiger partial charge in [-0.25, -0.2) is 9.50 Å². The van der Waals surface area contributed by atoms with Crippen LogP contribution in [0.3, 0.4) is 0 Å². The lowest BCUT2D eigenvalue weighted by molar-refractivity contribution is 0.312. The summed E-state index contributed by atoms with van der Waals surface area (Å²) in [6.07, 6.45) is 6.12. The van der Waals surface area contributed by atoms with Gasteiger partial charge < -0.3 is 19.9 Å². The summed E-state index contributed by atoms with van der Waals surface area (Å²) in [6, 6.07) is 4.07. The average Bonchev–Trinajstić information content (AvgIpc) is 3.18. The van der Waals surface area contributed by atoms with Gasteiger partial charge in [0.1, 0.15) is 12.3 Å². The molecule has 158 valence electrons. The minimum atomic E-state index is 0.650. The Bertz CT molecular complexity index is 1060. The number of hydrogen-bond acceptors (Lipinski definition) is 7. The van der Waals surface area contributed by atoms with E-state index >= 15 is 0 Å². The molecule has 0 amide bonds. The zero-order valence-electron chi connectivity index (χ0n) is 17.9. The minimum absolute atomic E-state index is 0.650. The van der Waals surface area contributed by atoms with Crippen LogP contribution in [0.25, 0.3) is 16.9 Å². The summed E-state index contributed by atoms with van der Waals surface area (Å²) in [5.74, 6) is 2.44. The highest BCUT2D eigenvalue weighted by Gasteiger charge is 2.29. The fraction of sp³-hybridized carbons (Fsp3) is 0.500. The van der Waals surface area contributed by atoms with Gasteiger partial charge in [0, 0.05) is 38.1 Å². The van der Waals surface area contributed by atoms with Crippen molar-refractivity contribution in [2.24, 2.45) is 5.92 Å². The summed E-state index contributed by atoms with van der Waals surface area (Å²) in [4.78, 5) is 13.5. The number of fused-ring (bicyclic) bond motifs is 3. The molecule has 0 aromatic carbocycles. The molecule has 5 rings (SSSR count). The number of likely N-dealkylation sites (N-methyl/N-ethyl adjacent to an activating group) is 1. The van der Waals surface area contributed by atoms with Crippen LogP contribution < -0.4 is 19.9 Å². The van der Waals surface area contributed by atoms with Gasteiger partial charge >= 0.3 is 0 Å². The maximum Gasteiger partial charge on any atom is 0.199 e. The largest absolute Gasteiger partial charge is 0.486 e. The van der Waals surface area contributed by atoms with E-state index in [-0.39, 0.29) is 0 Å². The lowest BCUT2D eigenvalue weighted by atomic mass is 9.97. The third-order valence-corrected chi connectivity index (χ3v) is 6.16. The van der Waals surface area contributed by atoms with Crippen molar-refractivity contribution >= 4 is 17.2 Å². The van der Waals surface area contributed by atoms with Gasteiger partial charge in [0.05, 0.1) is 18.4 Å². The Hall–Kier alpha value is -2.87. The lowest BCUT2D eigenvalue weighted by Crippen LogP contribution is -2.37. The van der Waals surface area contributed by atoms with Crippen molar-refractivity contribution in [3.63, 3.8) is 0 Å². The number of rotatable bonds is 4. The monoisotopic (exact) mass is 407 g/mol. The summed E-state index contributed by atoms with van der Waals surface area (Å²) in [6.45, 7) is 6.67. The number of piperidine rings is 1. The first-order chi connectivity index (χ1) is 14.6. The molecule has 8 nitrogen and oxygen atoms in total. The zero-order valence-corrected chi connectivity index (χ0v) is 17.9. The van der Waals surface area contributed by atoms with Crippen molar-refractivity contribution < 1.29 is 4.74 Å². The molecule has 3 aromatic rings. The van der Waals surface area contributed by atoms with E-state index in [0.717, 1.165) is 66.0 Å². The smallest absolute Gasteiger partial charge is 0.199 e. The van der Waals surface area contributed by atoms with Crippen LogP contribution in [0.1, 0.15) is 18.5 Å². The molecule has 0 atom stereocenters. The number of aryl methyl sites for hydroxylation is 1. The second-order valence-electron chi connectivity index (χ2n) is 8.41. The summed E-state index contributed by atoms with van der Waals surface area (Å²) in [5, 5.41) is 8.55. The van der Waals surface area contributed by atoms with Gasteiger partial charge in [0.15, 0.2) is 17.2 Å². The number of anilines is 2. The van der Waals surface area contributed by atoms with E-state index in [1.54, 1.807) is 0 Å².